The SMILES string of the molecule is Fc1cccc(Cl)c1OCCNc1cccc(Br)c1. The van der Waals surface area contributed by atoms with E-state index in [-0.39, 0.29) is 10.8 Å². The molecule has 0 heterocycles. The zero-order valence-electron chi connectivity index (χ0n) is 10.00. The van der Waals surface area contributed by atoms with E-state index in [1.54, 1.807) is 12.1 Å². The van der Waals surface area contributed by atoms with Gasteiger partial charge in [0, 0.05) is 16.7 Å². The molecule has 0 aliphatic carbocycles. The molecule has 2 aromatic carbocycles. The normalized spacial score (nSPS) is 10.3. The van der Waals surface area contributed by atoms with Crippen LogP contribution in [0.1, 0.15) is 0 Å². The highest BCUT2D eigenvalue weighted by Crippen LogP contribution is 2.27. The van der Waals surface area contributed by atoms with Gasteiger partial charge < -0.3 is 10.1 Å². The molecule has 0 fully saturated rings. The molecule has 0 radical (unpaired) electrons. The van der Waals surface area contributed by atoms with E-state index in [9.17, 15) is 4.39 Å². The van der Waals surface area contributed by atoms with Crippen molar-refractivity contribution in [3.05, 3.63) is 57.8 Å². The van der Waals surface area contributed by atoms with Gasteiger partial charge in [-0.05, 0) is 30.3 Å². The van der Waals surface area contributed by atoms with E-state index in [2.05, 4.69) is 21.2 Å². The van der Waals surface area contributed by atoms with Crippen molar-refractivity contribution in [2.45, 2.75) is 0 Å². The molecular formula is C14H12BrClFNO. The molecule has 0 unspecified atom stereocenters. The molecule has 2 rings (SSSR count). The molecule has 2 nitrogen and oxygen atoms in total. The number of hydrogen-bond acceptors (Lipinski definition) is 2. The van der Waals surface area contributed by atoms with E-state index in [4.69, 9.17) is 16.3 Å². The van der Waals surface area contributed by atoms with Gasteiger partial charge in [-0.15, -0.1) is 0 Å². The second-order valence-corrected chi connectivity index (χ2v) is 5.16. The Morgan fingerprint density at radius 3 is 2.74 bits per heavy atom. The summed E-state index contributed by atoms with van der Waals surface area (Å²) in [4.78, 5) is 0. The van der Waals surface area contributed by atoms with Gasteiger partial charge in [-0.1, -0.05) is 39.7 Å². The van der Waals surface area contributed by atoms with Crippen LogP contribution in [-0.2, 0) is 0 Å². The molecule has 0 aliphatic rings. The van der Waals surface area contributed by atoms with Crippen molar-refractivity contribution in [1.82, 2.24) is 0 Å². The Balaban J connectivity index is 1.84. The molecule has 2 aromatic rings. The Hall–Kier alpha value is -1.26. The van der Waals surface area contributed by atoms with E-state index in [1.165, 1.54) is 6.07 Å². The molecule has 19 heavy (non-hydrogen) atoms. The van der Waals surface area contributed by atoms with E-state index < -0.39 is 5.82 Å². The standard InChI is InChI=1S/C14H12BrClFNO/c15-10-3-1-4-11(9-10)18-7-8-19-14-12(16)5-2-6-13(14)17/h1-6,9,18H,7-8H2. The molecule has 0 saturated carbocycles. The van der Waals surface area contributed by atoms with Gasteiger partial charge in [-0.2, -0.15) is 0 Å². The zero-order valence-corrected chi connectivity index (χ0v) is 12.3. The van der Waals surface area contributed by atoms with Crippen molar-refractivity contribution in [3.8, 4) is 5.75 Å². The van der Waals surface area contributed by atoms with Gasteiger partial charge in [0.2, 0.25) is 0 Å². The molecule has 0 aromatic heterocycles. The van der Waals surface area contributed by atoms with Crippen LogP contribution in [0, 0.1) is 5.82 Å². The van der Waals surface area contributed by atoms with Crippen LogP contribution in [0.15, 0.2) is 46.9 Å². The molecule has 0 amide bonds. The third-order valence-electron chi connectivity index (χ3n) is 2.42. The zero-order chi connectivity index (χ0) is 13.7. The van der Waals surface area contributed by atoms with Crippen molar-refractivity contribution in [2.24, 2.45) is 0 Å². The van der Waals surface area contributed by atoms with Gasteiger partial charge in [-0.25, -0.2) is 4.39 Å². The number of ether oxygens (including phenoxy) is 1. The van der Waals surface area contributed by atoms with Crippen molar-refractivity contribution in [1.29, 1.82) is 0 Å². The summed E-state index contributed by atoms with van der Waals surface area (Å²) in [6, 6.07) is 12.2. The fourth-order valence-corrected chi connectivity index (χ4v) is 2.18. The van der Waals surface area contributed by atoms with Crippen LogP contribution in [-0.4, -0.2) is 13.2 Å². The molecule has 100 valence electrons. The Morgan fingerprint density at radius 1 is 1.21 bits per heavy atom. The van der Waals surface area contributed by atoms with E-state index in [1.807, 2.05) is 24.3 Å². The third kappa shape index (κ3) is 4.11. The first kappa shape index (κ1) is 14.2. The fourth-order valence-electron chi connectivity index (χ4n) is 1.57. The molecule has 0 spiro atoms. The van der Waals surface area contributed by atoms with Crippen molar-refractivity contribution >= 4 is 33.2 Å². The van der Waals surface area contributed by atoms with E-state index in [0.717, 1.165) is 10.2 Å². The molecule has 0 atom stereocenters. The third-order valence-corrected chi connectivity index (χ3v) is 3.21. The highest BCUT2D eigenvalue weighted by Gasteiger charge is 2.07. The van der Waals surface area contributed by atoms with Gasteiger partial charge >= 0.3 is 0 Å². The topological polar surface area (TPSA) is 21.3 Å². The summed E-state index contributed by atoms with van der Waals surface area (Å²) in [7, 11) is 0. The summed E-state index contributed by atoms with van der Waals surface area (Å²) in [5.74, 6) is -0.352. The van der Waals surface area contributed by atoms with Crippen molar-refractivity contribution < 1.29 is 9.13 Å². The van der Waals surface area contributed by atoms with E-state index >= 15 is 0 Å². The summed E-state index contributed by atoms with van der Waals surface area (Å²) in [5, 5.41) is 3.45. The second kappa shape index (κ2) is 6.78. The predicted octanol–water partition coefficient (Wildman–Crippen LogP) is 4.73. The largest absolute Gasteiger partial charge is 0.487 e. The summed E-state index contributed by atoms with van der Waals surface area (Å²) >= 11 is 9.24. The summed E-state index contributed by atoms with van der Waals surface area (Å²) in [6.45, 7) is 0.883. The second-order valence-electron chi connectivity index (χ2n) is 3.84. The number of rotatable bonds is 5. The van der Waals surface area contributed by atoms with Crippen LogP contribution in [0.2, 0.25) is 5.02 Å². The van der Waals surface area contributed by atoms with Crippen molar-refractivity contribution in [3.63, 3.8) is 0 Å². The lowest BCUT2D eigenvalue weighted by Gasteiger charge is -2.10. The number of halogens is 3. The molecular weight excluding hydrogens is 333 g/mol. The number of para-hydroxylation sites is 1. The van der Waals surface area contributed by atoms with Crippen LogP contribution >= 0.6 is 27.5 Å². The van der Waals surface area contributed by atoms with Crippen LogP contribution in [0.5, 0.6) is 5.75 Å². The number of benzene rings is 2. The molecule has 5 heteroatoms. The minimum absolute atomic E-state index is 0.0974. The lowest BCUT2D eigenvalue weighted by atomic mass is 10.3. The quantitative estimate of drug-likeness (QED) is 0.792. The maximum absolute atomic E-state index is 13.4. The highest BCUT2D eigenvalue weighted by atomic mass is 79.9. The minimum atomic E-state index is -0.449. The van der Waals surface area contributed by atoms with E-state index in [0.29, 0.717) is 13.2 Å². The molecule has 0 saturated heterocycles. The Labute approximate surface area is 124 Å². The smallest absolute Gasteiger partial charge is 0.173 e. The molecule has 1 N–H and O–H groups in total. The average molecular weight is 345 g/mol. The van der Waals surface area contributed by atoms with Gasteiger partial charge in [0.1, 0.15) is 6.61 Å². The monoisotopic (exact) mass is 343 g/mol. The fraction of sp³-hybridized carbons (Fsp3) is 0.143. The highest BCUT2D eigenvalue weighted by molar-refractivity contribution is 9.10. The van der Waals surface area contributed by atoms with Gasteiger partial charge in [0.25, 0.3) is 0 Å². The lowest BCUT2D eigenvalue weighted by molar-refractivity contribution is 0.315. The summed E-state index contributed by atoms with van der Waals surface area (Å²) in [6.07, 6.45) is 0. The minimum Gasteiger partial charge on any atom is -0.487 e. The van der Waals surface area contributed by atoms with Gasteiger partial charge in [0.05, 0.1) is 5.02 Å². The Morgan fingerprint density at radius 2 is 2.00 bits per heavy atom. The van der Waals surface area contributed by atoms with Crippen molar-refractivity contribution in [2.75, 3.05) is 18.5 Å². The summed E-state index contributed by atoms with van der Waals surface area (Å²) in [5.41, 5.74) is 0.970. The van der Waals surface area contributed by atoms with Gasteiger partial charge in [-0.3, -0.25) is 0 Å². The number of hydrogen-bond donors (Lipinski definition) is 1. The predicted molar refractivity (Wildman–Crippen MR) is 79.5 cm³/mol. The maximum atomic E-state index is 13.4. The van der Waals surface area contributed by atoms with Crippen LogP contribution in [0.25, 0.3) is 0 Å². The van der Waals surface area contributed by atoms with Crippen LogP contribution in [0.3, 0.4) is 0 Å². The summed E-state index contributed by atoms with van der Waals surface area (Å²) < 4.78 is 19.8. The Bertz CT molecular complexity index is 545. The number of nitrogens with one attached hydrogen (secondary N) is 1. The lowest BCUT2D eigenvalue weighted by Crippen LogP contribution is -2.12. The van der Waals surface area contributed by atoms with Crippen LogP contribution < -0.4 is 10.1 Å². The first-order valence-corrected chi connectivity index (χ1v) is 6.90. The maximum Gasteiger partial charge on any atom is 0.173 e. The van der Waals surface area contributed by atoms with Gasteiger partial charge in [0.15, 0.2) is 11.6 Å². The average Bonchev–Trinajstić information content (AvgIpc) is 2.37. The Kier molecular flexibility index (Phi) is 5.05. The first-order chi connectivity index (χ1) is 9.16. The first-order valence-electron chi connectivity index (χ1n) is 5.73. The molecule has 0 aliphatic heterocycles. The number of anilines is 1. The molecule has 0 bridgehead atoms. The van der Waals surface area contributed by atoms with Crippen LogP contribution in [0.4, 0.5) is 10.1 Å².